The predicted molar refractivity (Wildman–Crippen MR) is 76.5 cm³/mol. The molecule has 1 aromatic carbocycles. The Hall–Kier alpha value is -0.300. The molecule has 3 unspecified atom stereocenters. The topological polar surface area (TPSA) is 0 Å². The van der Waals surface area contributed by atoms with Gasteiger partial charge in [-0.1, -0.05) is 52.5 Å². The minimum atomic E-state index is 0.594. The first-order valence-electron chi connectivity index (χ1n) is 6.89. The van der Waals surface area contributed by atoms with Crippen molar-refractivity contribution >= 4 is 15.9 Å². The second kappa shape index (κ2) is 4.42. The number of hydrogen-bond donors (Lipinski definition) is 0. The molecule has 0 nitrogen and oxygen atoms in total. The molecule has 17 heavy (non-hydrogen) atoms. The lowest BCUT2D eigenvalue weighted by molar-refractivity contribution is 0.480. The van der Waals surface area contributed by atoms with Crippen molar-refractivity contribution in [3.8, 4) is 0 Å². The van der Waals surface area contributed by atoms with E-state index in [2.05, 4.69) is 48.0 Å². The number of hydrogen-bond acceptors (Lipinski definition) is 0. The molecule has 1 heteroatoms. The number of halogens is 1. The summed E-state index contributed by atoms with van der Waals surface area (Å²) in [5.41, 5.74) is 4.35. The van der Waals surface area contributed by atoms with E-state index in [0.29, 0.717) is 4.83 Å². The van der Waals surface area contributed by atoms with Gasteiger partial charge in [0.15, 0.2) is 0 Å². The maximum absolute atomic E-state index is 3.98. The number of aryl methyl sites for hydroxylation is 2. The second-order valence-electron chi connectivity index (χ2n) is 5.95. The van der Waals surface area contributed by atoms with Gasteiger partial charge in [0.2, 0.25) is 0 Å². The van der Waals surface area contributed by atoms with Crippen LogP contribution in [0.5, 0.6) is 0 Å². The van der Waals surface area contributed by atoms with Gasteiger partial charge >= 0.3 is 0 Å². The standard InChI is InChI=1S/C16H21Br/c1-10-7-8-12(11(2)9-10)16(17)15-13-5-3-4-6-14(13)15/h7-9,13-16H,3-6H2,1-2H3. The molecule has 2 aliphatic rings. The first-order valence-corrected chi connectivity index (χ1v) is 7.81. The number of rotatable bonds is 2. The third kappa shape index (κ3) is 2.07. The van der Waals surface area contributed by atoms with E-state index in [9.17, 15) is 0 Å². The second-order valence-corrected chi connectivity index (χ2v) is 6.94. The highest BCUT2D eigenvalue weighted by Gasteiger charge is 2.53. The maximum Gasteiger partial charge on any atom is 0.0431 e. The average molecular weight is 293 g/mol. The molecule has 2 aliphatic carbocycles. The van der Waals surface area contributed by atoms with Gasteiger partial charge in [-0.2, -0.15) is 0 Å². The highest BCUT2D eigenvalue weighted by atomic mass is 79.9. The van der Waals surface area contributed by atoms with Crippen LogP contribution in [-0.4, -0.2) is 0 Å². The monoisotopic (exact) mass is 292 g/mol. The summed E-state index contributed by atoms with van der Waals surface area (Å²) in [6, 6.07) is 6.90. The van der Waals surface area contributed by atoms with Crippen LogP contribution in [-0.2, 0) is 0 Å². The minimum Gasteiger partial charge on any atom is -0.0835 e. The minimum absolute atomic E-state index is 0.594. The van der Waals surface area contributed by atoms with E-state index in [4.69, 9.17) is 0 Å². The molecule has 0 saturated heterocycles. The zero-order valence-corrected chi connectivity index (χ0v) is 12.3. The van der Waals surface area contributed by atoms with Crippen molar-refractivity contribution in [3.05, 3.63) is 34.9 Å². The molecule has 0 amide bonds. The first-order chi connectivity index (χ1) is 8.18. The summed E-state index contributed by atoms with van der Waals surface area (Å²) >= 11 is 3.98. The predicted octanol–water partition coefficient (Wildman–Crippen LogP) is 5.18. The van der Waals surface area contributed by atoms with E-state index in [1.165, 1.54) is 42.4 Å². The van der Waals surface area contributed by atoms with Crippen molar-refractivity contribution in [1.29, 1.82) is 0 Å². The van der Waals surface area contributed by atoms with Gasteiger partial charge in [0.25, 0.3) is 0 Å². The van der Waals surface area contributed by atoms with Gasteiger partial charge in [0.05, 0.1) is 0 Å². The molecule has 0 N–H and O–H groups in total. The Labute approximate surface area is 113 Å². The fraction of sp³-hybridized carbons (Fsp3) is 0.625. The number of benzene rings is 1. The molecule has 0 aromatic heterocycles. The third-order valence-electron chi connectivity index (χ3n) is 4.78. The van der Waals surface area contributed by atoms with Crippen LogP contribution in [0, 0.1) is 31.6 Å². The van der Waals surface area contributed by atoms with Crippen molar-refractivity contribution in [3.63, 3.8) is 0 Å². The lowest BCUT2D eigenvalue weighted by Crippen LogP contribution is -1.98. The summed E-state index contributed by atoms with van der Waals surface area (Å²) in [5.74, 6) is 2.96. The molecule has 2 saturated carbocycles. The Morgan fingerprint density at radius 2 is 1.76 bits per heavy atom. The van der Waals surface area contributed by atoms with Crippen LogP contribution in [0.15, 0.2) is 18.2 Å². The molecule has 0 heterocycles. The van der Waals surface area contributed by atoms with Gasteiger partial charge < -0.3 is 0 Å². The zero-order chi connectivity index (χ0) is 12.0. The fourth-order valence-electron chi connectivity index (χ4n) is 3.82. The molecule has 1 aromatic rings. The lowest BCUT2D eigenvalue weighted by atomic mass is 9.99. The van der Waals surface area contributed by atoms with Crippen LogP contribution in [0.4, 0.5) is 0 Å². The molecule has 92 valence electrons. The van der Waals surface area contributed by atoms with Crippen LogP contribution < -0.4 is 0 Å². The summed E-state index contributed by atoms with van der Waals surface area (Å²) in [7, 11) is 0. The van der Waals surface area contributed by atoms with Gasteiger partial charge in [-0.25, -0.2) is 0 Å². The number of fused-ring (bicyclic) bond motifs is 1. The van der Waals surface area contributed by atoms with Crippen LogP contribution >= 0.6 is 15.9 Å². The van der Waals surface area contributed by atoms with Gasteiger partial charge in [-0.15, -0.1) is 0 Å². The van der Waals surface area contributed by atoms with E-state index in [0.717, 1.165) is 17.8 Å². The van der Waals surface area contributed by atoms with E-state index in [1.54, 1.807) is 0 Å². The highest BCUT2D eigenvalue weighted by molar-refractivity contribution is 9.09. The summed E-state index contributed by atoms with van der Waals surface area (Å²) < 4.78 is 0. The molecular formula is C16H21Br. The van der Waals surface area contributed by atoms with E-state index in [-0.39, 0.29) is 0 Å². The van der Waals surface area contributed by atoms with E-state index < -0.39 is 0 Å². The molecule has 3 rings (SSSR count). The van der Waals surface area contributed by atoms with Gasteiger partial charge in [0.1, 0.15) is 0 Å². The molecule has 0 aliphatic heterocycles. The molecule has 3 atom stereocenters. The summed E-state index contributed by atoms with van der Waals surface area (Å²) in [6.45, 7) is 4.43. The normalized spacial score (nSPS) is 33.0. The molecular weight excluding hydrogens is 272 g/mol. The molecule has 0 radical (unpaired) electrons. The zero-order valence-electron chi connectivity index (χ0n) is 10.7. The first kappa shape index (κ1) is 11.8. The highest BCUT2D eigenvalue weighted by Crippen LogP contribution is 2.62. The summed E-state index contributed by atoms with van der Waals surface area (Å²) in [6.07, 6.45) is 5.87. The Bertz CT molecular complexity index is 412. The van der Waals surface area contributed by atoms with Crippen molar-refractivity contribution in [2.24, 2.45) is 17.8 Å². The lowest BCUT2D eigenvalue weighted by Gasteiger charge is -2.14. The number of alkyl halides is 1. The van der Waals surface area contributed by atoms with Gasteiger partial charge in [-0.05, 0) is 55.6 Å². The maximum atomic E-state index is 3.98. The van der Waals surface area contributed by atoms with Crippen molar-refractivity contribution in [2.75, 3.05) is 0 Å². The Kier molecular flexibility index (Phi) is 3.06. The summed E-state index contributed by atoms with van der Waals surface area (Å²) in [4.78, 5) is 0.594. The van der Waals surface area contributed by atoms with Crippen molar-refractivity contribution in [2.45, 2.75) is 44.4 Å². The average Bonchev–Trinajstić information content (AvgIpc) is 3.02. The Morgan fingerprint density at radius 1 is 1.12 bits per heavy atom. The fourth-order valence-corrected chi connectivity index (χ4v) is 5.12. The van der Waals surface area contributed by atoms with Crippen LogP contribution in [0.2, 0.25) is 0 Å². The van der Waals surface area contributed by atoms with Gasteiger partial charge in [0, 0.05) is 4.83 Å². The van der Waals surface area contributed by atoms with Crippen molar-refractivity contribution < 1.29 is 0 Å². The molecule has 0 bridgehead atoms. The van der Waals surface area contributed by atoms with Crippen LogP contribution in [0.25, 0.3) is 0 Å². The summed E-state index contributed by atoms with van der Waals surface area (Å²) in [5, 5.41) is 0. The Morgan fingerprint density at radius 3 is 2.35 bits per heavy atom. The Balaban J connectivity index is 1.80. The quantitative estimate of drug-likeness (QED) is 0.659. The van der Waals surface area contributed by atoms with Crippen LogP contribution in [0.1, 0.15) is 47.2 Å². The van der Waals surface area contributed by atoms with E-state index >= 15 is 0 Å². The van der Waals surface area contributed by atoms with Crippen LogP contribution in [0.3, 0.4) is 0 Å². The smallest absolute Gasteiger partial charge is 0.0431 e. The molecule has 2 fully saturated rings. The molecule has 0 spiro atoms. The largest absolute Gasteiger partial charge is 0.0835 e. The van der Waals surface area contributed by atoms with Crippen molar-refractivity contribution in [1.82, 2.24) is 0 Å². The van der Waals surface area contributed by atoms with Gasteiger partial charge in [-0.3, -0.25) is 0 Å². The van der Waals surface area contributed by atoms with E-state index in [1.807, 2.05) is 0 Å². The third-order valence-corrected chi connectivity index (χ3v) is 5.89. The SMILES string of the molecule is Cc1ccc(C(Br)C2C3CCCCC32)c(C)c1.